The third kappa shape index (κ3) is 4.89. The van der Waals surface area contributed by atoms with Gasteiger partial charge in [0.2, 0.25) is 5.91 Å². The SMILES string of the molecule is Cc1ccc2c(CN(C)CC(=O)Nc3ccc(Cl)c(Cl)c3)cc(=O)oc2c1. The number of amides is 1. The predicted molar refractivity (Wildman–Crippen MR) is 109 cm³/mol. The molecule has 1 amide bonds. The molecule has 0 fully saturated rings. The minimum absolute atomic E-state index is 0.147. The van der Waals surface area contributed by atoms with Crippen LogP contribution in [0.25, 0.3) is 11.0 Å². The smallest absolute Gasteiger partial charge is 0.336 e. The maximum absolute atomic E-state index is 12.3. The Labute approximate surface area is 166 Å². The molecular formula is C20H18Cl2N2O3. The highest BCUT2D eigenvalue weighted by Crippen LogP contribution is 2.25. The molecule has 2 aromatic carbocycles. The van der Waals surface area contributed by atoms with E-state index < -0.39 is 5.63 Å². The molecule has 1 heterocycles. The van der Waals surface area contributed by atoms with Crippen molar-refractivity contribution in [2.75, 3.05) is 18.9 Å². The maximum atomic E-state index is 12.3. The molecule has 3 aromatic rings. The van der Waals surface area contributed by atoms with Crippen molar-refractivity contribution >= 4 is 45.8 Å². The van der Waals surface area contributed by atoms with Crippen LogP contribution in [0.1, 0.15) is 11.1 Å². The molecule has 5 nitrogen and oxygen atoms in total. The molecule has 1 N–H and O–H groups in total. The largest absolute Gasteiger partial charge is 0.423 e. The molecule has 0 aliphatic heterocycles. The van der Waals surface area contributed by atoms with Crippen molar-refractivity contribution in [3.63, 3.8) is 0 Å². The van der Waals surface area contributed by atoms with E-state index in [1.54, 1.807) is 18.2 Å². The molecule has 0 saturated heterocycles. The van der Waals surface area contributed by atoms with Gasteiger partial charge in [0.15, 0.2) is 0 Å². The van der Waals surface area contributed by atoms with Gasteiger partial charge in [-0.05, 0) is 49.4 Å². The Hall–Kier alpha value is -2.34. The molecule has 0 aliphatic rings. The number of hydrogen-bond acceptors (Lipinski definition) is 4. The topological polar surface area (TPSA) is 62.6 Å². The van der Waals surface area contributed by atoms with Gasteiger partial charge in [-0.2, -0.15) is 0 Å². The van der Waals surface area contributed by atoms with Gasteiger partial charge in [-0.25, -0.2) is 4.79 Å². The fourth-order valence-electron chi connectivity index (χ4n) is 2.83. The molecule has 0 saturated carbocycles. The van der Waals surface area contributed by atoms with Crippen molar-refractivity contribution in [1.29, 1.82) is 0 Å². The molecule has 0 bridgehead atoms. The van der Waals surface area contributed by atoms with Crippen LogP contribution in [0.3, 0.4) is 0 Å². The van der Waals surface area contributed by atoms with Crippen LogP contribution in [-0.4, -0.2) is 24.4 Å². The molecule has 0 radical (unpaired) electrons. The number of fused-ring (bicyclic) bond motifs is 1. The van der Waals surface area contributed by atoms with Crippen molar-refractivity contribution in [2.24, 2.45) is 0 Å². The zero-order valence-electron chi connectivity index (χ0n) is 14.9. The van der Waals surface area contributed by atoms with Gasteiger partial charge in [-0.15, -0.1) is 0 Å². The van der Waals surface area contributed by atoms with Gasteiger partial charge in [-0.1, -0.05) is 35.3 Å². The third-order valence-electron chi connectivity index (χ3n) is 4.04. The van der Waals surface area contributed by atoms with E-state index in [9.17, 15) is 9.59 Å². The highest BCUT2D eigenvalue weighted by atomic mass is 35.5. The number of carbonyl (C=O) groups excluding carboxylic acids is 1. The summed E-state index contributed by atoms with van der Waals surface area (Å²) < 4.78 is 5.27. The second-order valence-corrected chi connectivity index (χ2v) is 7.25. The van der Waals surface area contributed by atoms with Crippen molar-refractivity contribution in [2.45, 2.75) is 13.5 Å². The van der Waals surface area contributed by atoms with Crippen molar-refractivity contribution in [3.05, 3.63) is 74.1 Å². The molecule has 0 unspecified atom stereocenters. The number of anilines is 1. The number of rotatable bonds is 5. The average Bonchev–Trinajstić information content (AvgIpc) is 2.57. The normalized spacial score (nSPS) is 11.1. The number of nitrogens with zero attached hydrogens (tertiary/aromatic N) is 1. The third-order valence-corrected chi connectivity index (χ3v) is 4.78. The lowest BCUT2D eigenvalue weighted by molar-refractivity contribution is -0.117. The number of carbonyl (C=O) groups is 1. The fourth-order valence-corrected chi connectivity index (χ4v) is 3.13. The zero-order chi connectivity index (χ0) is 19.6. The first-order valence-electron chi connectivity index (χ1n) is 8.28. The summed E-state index contributed by atoms with van der Waals surface area (Å²) in [5.41, 5.74) is 2.54. The Morgan fingerprint density at radius 2 is 1.89 bits per heavy atom. The van der Waals surface area contributed by atoms with Crippen LogP contribution in [-0.2, 0) is 11.3 Å². The van der Waals surface area contributed by atoms with Crippen LogP contribution >= 0.6 is 23.2 Å². The van der Waals surface area contributed by atoms with E-state index in [-0.39, 0.29) is 12.5 Å². The number of nitrogens with one attached hydrogen (secondary N) is 1. The van der Waals surface area contributed by atoms with Gasteiger partial charge in [0.05, 0.1) is 16.6 Å². The van der Waals surface area contributed by atoms with E-state index in [2.05, 4.69) is 5.32 Å². The summed E-state index contributed by atoms with van der Waals surface area (Å²) >= 11 is 11.8. The molecule has 27 heavy (non-hydrogen) atoms. The van der Waals surface area contributed by atoms with Crippen LogP contribution in [0, 0.1) is 6.92 Å². The summed E-state index contributed by atoms with van der Waals surface area (Å²) in [7, 11) is 1.81. The quantitative estimate of drug-likeness (QED) is 0.636. The Morgan fingerprint density at radius 1 is 1.11 bits per heavy atom. The Bertz CT molecular complexity index is 1060. The van der Waals surface area contributed by atoms with Crippen LogP contribution in [0.5, 0.6) is 0 Å². The second-order valence-electron chi connectivity index (χ2n) is 6.44. The summed E-state index contributed by atoms with van der Waals surface area (Å²) in [4.78, 5) is 25.9. The van der Waals surface area contributed by atoms with Gasteiger partial charge in [0, 0.05) is 23.7 Å². The van der Waals surface area contributed by atoms with E-state index >= 15 is 0 Å². The van der Waals surface area contributed by atoms with Crippen LogP contribution in [0.15, 0.2) is 51.7 Å². The monoisotopic (exact) mass is 404 g/mol. The van der Waals surface area contributed by atoms with Gasteiger partial charge >= 0.3 is 5.63 Å². The lowest BCUT2D eigenvalue weighted by atomic mass is 10.1. The second kappa shape index (κ2) is 8.13. The number of aryl methyl sites for hydroxylation is 1. The molecule has 7 heteroatoms. The van der Waals surface area contributed by atoms with E-state index in [1.807, 2.05) is 37.1 Å². The predicted octanol–water partition coefficient (Wildman–Crippen LogP) is 4.48. The summed E-state index contributed by atoms with van der Waals surface area (Å²) in [5.74, 6) is -0.195. The number of halogens is 2. The molecule has 140 valence electrons. The number of likely N-dealkylation sites (N-methyl/N-ethyl adjacent to an activating group) is 1. The molecule has 3 rings (SSSR count). The fraction of sp³-hybridized carbons (Fsp3) is 0.200. The summed E-state index contributed by atoms with van der Waals surface area (Å²) in [6, 6.07) is 12.1. The standard InChI is InChI=1S/C20H18Cl2N2O3/c1-12-3-5-15-13(8-20(26)27-18(15)7-12)10-24(2)11-19(25)23-14-4-6-16(21)17(22)9-14/h3-9H,10-11H2,1-2H3,(H,23,25). The lowest BCUT2D eigenvalue weighted by Gasteiger charge is -2.17. The van der Waals surface area contributed by atoms with Crippen molar-refractivity contribution in [1.82, 2.24) is 4.90 Å². The Morgan fingerprint density at radius 3 is 2.63 bits per heavy atom. The van der Waals surface area contributed by atoms with Gasteiger partial charge in [-0.3, -0.25) is 9.69 Å². The average molecular weight is 405 g/mol. The first-order valence-corrected chi connectivity index (χ1v) is 9.04. The lowest BCUT2D eigenvalue weighted by Crippen LogP contribution is -2.30. The van der Waals surface area contributed by atoms with Crippen LogP contribution < -0.4 is 10.9 Å². The first kappa shape index (κ1) is 19.4. The minimum atomic E-state index is -0.406. The number of hydrogen-bond donors (Lipinski definition) is 1. The first-order chi connectivity index (χ1) is 12.8. The highest BCUT2D eigenvalue weighted by Gasteiger charge is 2.12. The van der Waals surface area contributed by atoms with E-state index in [0.717, 1.165) is 16.5 Å². The van der Waals surface area contributed by atoms with E-state index in [0.29, 0.717) is 27.9 Å². The summed E-state index contributed by atoms with van der Waals surface area (Å²) in [6.07, 6.45) is 0. The van der Waals surface area contributed by atoms with Gasteiger partial charge in [0.1, 0.15) is 5.58 Å². The van der Waals surface area contributed by atoms with Crippen LogP contribution in [0.4, 0.5) is 5.69 Å². The van der Waals surface area contributed by atoms with Crippen LogP contribution in [0.2, 0.25) is 10.0 Å². The van der Waals surface area contributed by atoms with Crippen molar-refractivity contribution in [3.8, 4) is 0 Å². The van der Waals surface area contributed by atoms with Gasteiger partial charge < -0.3 is 9.73 Å². The van der Waals surface area contributed by atoms with Gasteiger partial charge in [0.25, 0.3) is 0 Å². The molecule has 0 aliphatic carbocycles. The molecule has 0 atom stereocenters. The summed E-state index contributed by atoms with van der Waals surface area (Å²) in [5, 5.41) is 4.44. The number of benzene rings is 2. The maximum Gasteiger partial charge on any atom is 0.336 e. The zero-order valence-corrected chi connectivity index (χ0v) is 16.4. The molecule has 0 spiro atoms. The highest BCUT2D eigenvalue weighted by molar-refractivity contribution is 6.42. The molecule has 1 aromatic heterocycles. The van der Waals surface area contributed by atoms with Crippen molar-refractivity contribution < 1.29 is 9.21 Å². The molecular weight excluding hydrogens is 387 g/mol. The summed E-state index contributed by atoms with van der Waals surface area (Å²) in [6.45, 7) is 2.51. The minimum Gasteiger partial charge on any atom is -0.423 e. The Balaban J connectivity index is 1.71. The Kier molecular flexibility index (Phi) is 5.85. The van der Waals surface area contributed by atoms with E-state index in [1.165, 1.54) is 6.07 Å². The van der Waals surface area contributed by atoms with E-state index in [4.69, 9.17) is 27.6 Å².